The molecule has 0 atom stereocenters. The summed E-state index contributed by atoms with van der Waals surface area (Å²) in [6, 6.07) is 14.5. The summed E-state index contributed by atoms with van der Waals surface area (Å²) in [6.45, 7) is 2.99. The highest BCUT2D eigenvalue weighted by Gasteiger charge is 2.22. The normalized spacial score (nSPS) is 16.9. The van der Waals surface area contributed by atoms with E-state index in [1.807, 2.05) is 24.3 Å². The van der Waals surface area contributed by atoms with Gasteiger partial charge in [0.25, 0.3) is 11.8 Å². The predicted octanol–water partition coefficient (Wildman–Crippen LogP) is 2.62. The van der Waals surface area contributed by atoms with Crippen LogP contribution >= 0.6 is 0 Å². The van der Waals surface area contributed by atoms with Crippen LogP contribution in [0.2, 0.25) is 0 Å². The maximum absolute atomic E-state index is 12.9. The summed E-state index contributed by atoms with van der Waals surface area (Å²) >= 11 is 0. The molecule has 2 heterocycles. The van der Waals surface area contributed by atoms with Gasteiger partial charge in [0.15, 0.2) is 12.6 Å². The van der Waals surface area contributed by atoms with Gasteiger partial charge >= 0.3 is 0 Å². The van der Waals surface area contributed by atoms with Crippen LogP contribution in [-0.4, -0.2) is 75.2 Å². The second-order valence-electron chi connectivity index (χ2n) is 7.85. The maximum Gasteiger partial charge on any atom is 0.253 e. The predicted molar refractivity (Wildman–Crippen MR) is 116 cm³/mol. The number of likely N-dealkylation sites (N-methyl/N-ethyl adjacent to an activating group) is 2. The van der Waals surface area contributed by atoms with Crippen molar-refractivity contribution >= 4 is 11.8 Å². The van der Waals surface area contributed by atoms with Gasteiger partial charge in [-0.25, -0.2) is 0 Å². The van der Waals surface area contributed by atoms with Gasteiger partial charge in [0, 0.05) is 49.4 Å². The van der Waals surface area contributed by atoms with Crippen molar-refractivity contribution in [2.75, 3.05) is 53.6 Å². The maximum atomic E-state index is 12.9. The second kappa shape index (κ2) is 10.2. The lowest BCUT2D eigenvalue weighted by Crippen LogP contribution is -2.37. The second-order valence-corrected chi connectivity index (χ2v) is 7.85. The van der Waals surface area contributed by atoms with E-state index in [9.17, 15) is 9.59 Å². The van der Waals surface area contributed by atoms with Crippen molar-refractivity contribution in [3.63, 3.8) is 0 Å². The Kier molecular flexibility index (Phi) is 7.16. The smallest absolute Gasteiger partial charge is 0.253 e. The lowest BCUT2D eigenvalue weighted by molar-refractivity contribution is -0.0443. The highest BCUT2D eigenvalue weighted by molar-refractivity contribution is 5.95. The fourth-order valence-corrected chi connectivity index (χ4v) is 3.68. The molecule has 2 aliphatic heterocycles. The fourth-order valence-electron chi connectivity index (χ4n) is 3.68. The summed E-state index contributed by atoms with van der Waals surface area (Å²) in [4.78, 5) is 29.0. The number of benzene rings is 2. The molecule has 2 saturated heterocycles. The monoisotopic (exact) mass is 440 g/mol. The van der Waals surface area contributed by atoms with Gasteiger partial charge in [-0.1, -0.05) is 24.3 Å². The molecule has 2 aliphatic rings. The van der Waals surface area contributed by atoms with Gasteiger partial charge in [-0.15, -0.1) is 0 Å². The van der Waals surface area contributed by atoms with Crippen LogP contribution in [0.1, 0.15) is 44.4 Å². The summed E-state index contributed by atoms with van der Waals surface area (Å²) in [5.74, 6) is -0.244. The number of hydrogen-bond acceptors (Lipinski definition) is 6. The third-order valence-corrected chi connectivity index (χ3v) is 5.52. The first-order valence-corrected chi connectivity index (χ1v) is 10.7. The van der Waals surface area contributed by atoms with E-state index in [-0.39, 0.29) is 11.8 Å². The average molecular weight is 440 g/mol. The van der Waals surface area contributed by atoms with Crippen LogP contribution < -0.4 is 0 Å². The molecule has 0 N–H and O–H groups in total. The van der Waals surface area contributed by atoms with Gasteiger partial charge in [-0.3, -0.25) is 9.59 Å². The Morgan fingerprint density at radius 2 is 1.09 bits per heavy atom. The Hall–Kier alpha value is -2.78. The first kappa shape index (κ1) is 22.4. The molecular weight excluding hydrogens is 412 g/mol. The zero-order valence-electron chi connectivity index (χ0n) is 18.4. The molecule has 170 valence electrons. The molecule has 8 nitrogen and oxygen atoms in total. The number of rotatable bonds is 7. The van der Waals surface area contributed by atoms with Crippen molar-refractivity contribution < 1.29 is 28.5 Å². The topological polar surface area (TPSA) is 77.5 Å². The molecule has 2 amide bonds. The van der Waals surface area contributed by atoms with E-state index >= 15 is 0 Å². The van der Waals surface area contributed by atoms with Gasteiger partial charge in [-0.2, -0.15) is 0 Å². The molecular formula is C24H28N2O6. The molecule has 0 radical (unpaired) electrons. The summed E-state index contributed by atoms with van der Waals surface area (Å²) in [5.41, 5.74) is 2.76. The Morgan fingerprint density at radius 3 is 1.47 bits per heavy atom. The summed E-state index contributed by atoms with van der Waals surface area (Å²) in [7, 11) is 3.45. The third-order valence-electron chi connectivity index (χ3n) is 5.52. The van der Waals surface area contributed by atoms with Crippen LogP contribution in [0.15, 0.2) is 48.5 Å². The van der Waals surface area contributed by atoms with E-state index in [4.69, 9.17) is 18.9 Å². The molecule has 32 heavy (non-hydrogen) atoms. The van der Waals surface area contributed by atoms with Gasteiger partial charge in [0.05, 0.1) is 26.4 Å². The highest BCUT2D eigenvalue weighted by Crippen LogP contribution is 2.25. The molecule has 8 heteroatoms. The van der Waals surface area contributed by atoms with Gasteiger partial charge in [-0.05, 0) is 24.3 Å². The van der Waals surface area contributed by atoms with Crippen LogP contribution in [0.3, 0.4) is 0 Å². The van der Waals surface area contributed by atoms with Crippen molar-refractivity contribution in [3.8, 4) is 0 Å². The number of nitrogens with zero attached hydrogens (tertiary/aromatic N) is 2. The number of carbonyl (C=O) groups is 2. The van der Waals surface area contributed by atoms with Crippen molar-refractivity contribution in [1.82, 2.24) is 9.80 Å². The molecule has 2 aromatic rings. The van der Waals surface area contributed by atoms with Crippen LogP contribution in [0.25, 0.3) is 0 Å². The van der Waals surface area contributed by atoms with E-state index in [0.717, 1.165) is 11.1 Å². The largest absolute Gasteiger partial charge is 0.346 e. The Morgan fingerprint density at radius 1 is 0.719 bits per heavy atom. The fraction of sp³-hybridized carbons (Fsp3) is 0.417. The molecule has 4 rings (SSSR count). The Bertz CT molecular complexity index is 876. The Labute approximate surface area is 187 Å². The minimum atomic E-state index is -0.424. The van der Waals surface area contributed by atoms with E-state index in [0.29, 0.717) is 50.6 Å². The molecule has 2 aromatic carbocycles. The van der Waals surface area contributed by atoms with Crippen LogP contribution in [0, 0.1) is 0 Å². The van der Waals surface area contributed by atoms with E-state index in [1.165, 1.54) is 0 Å². The van der Waals surface area contributed by atoms with Crippen molar-refractivity contribution in [3.05, 3.63) is 70.8 Å². The molecule has 0 bridgehead atoms. The average Bonchev–Trinajstić information content (AvgIpc) is 3.56. The van der Waals surface area contributed by atoms with E-state index in [1.54, 1.807) is 48.2 Å². The quantitative estimate of drug-likeness (QED) is 0.659. The third kappa shape index (κ3) is 5.16. The summed E-state index contributed by atoms with van der Waals surface area (Å²) in [6.07, 6.45) is -0.847. The lowest BCUT2D eigenvalue weighted by Gasteiger charge is -2.23. The summed E-state index contributed by atoms with van der Waals surface area (Å²) < 4.78 is 22.1. The highest BCUT2D eigenvalue weighted by atomic mass is 16.7. The van der Waals surface area contributed by atoms with Gasteiger partial charge in [0.2, 0.25) is 0 Å². The number of hydrogen-bond donors (Lipinski definition) is 0. The molecule has 0 aliphatic carbocycles. The number of carbonyl (C=O) groups excluding carboxylic acids is 2. The Balaban J connectivity index is 1.33. The number of ether oxygens (including phenoxy) is 4. The van der Waals surface area contributed by atoms with Crippen molar-refractivity contribution in [2.24, 2.45) is 0 Å². The summed E-state index contributed by atoms with van der Waals surface area (Å²) in [5, 5.41) is 0. The molecule has 0 unspecified atom stereocenters. The zero-order chi connectivity index (χ0) is 22.5. The van der Waals surface area contributed by atoms with E-state index < -0.39 is 12.6 Å². The number of amides is 2. The molecule has 0 aromatic heterocycles. The van der Waals surface area contributed by atoms with Crippen LogP contribution in [0.5, 0.6) is 0 Å². The minimum Gasteiger partial charge on any atom is -0.346 e. The molecule has 0 spiro atoms. The van der Waals surface area contributed by atoms with Crippen LogP contribution in [-0.2, 0) is 18.9 Å². The molecule has 2 fully saturated rings. The first-order chi connectivity index (χ1) is 15.5. The van der Waals surface area contributed by atoms with Gasteiger partial charge in [0.1, 0.15) is 0 Å². The van der Waals surface area contributed by atoms with E-state index in [2.05, 4.69) is 0 Å². The first-order valence-electron chi connectivity index (χ1n) is 10.7. The minimum absolute atomic E-state index is 0.122. The molecule has 0 saturated carbocycles. The SMILES string of the molecule is CN(CCN(C)C(=O)c1cccc(C2OCCO2)c1)C(=O)c1cccc(C2OCCO2)c1. The van der Waals surface area contributed by atoms with Crippen molar-refractivity contribution in [1.29, 1.82) is 0 Å². The lowest BCUT2D eigenvalue weighted by atomic mass is 10.1. The van der Waals surface area contributed by atoms with Crippen molar-refractivity contribution in [2.45, 2.75) is 12.6 Å². The zero-order valence-corrected chi connectivity index (χ0v) is 18.4. The van der Waals surface area contributed by atoms with Crippen LogP contribution in [0.4, 0.5) is 0 Å². The standard InChI is InChI=1S/C24H28N2O6/c1-25(21(27)17-5-3-7-19(15-17)23-29-11-12-30-23)9-10-26(2)22(28)18-6-4-8-20(16-18)24-31-13-14-32-24/h3-8,15-16,23-24H,9-14H2,1-2H3. The van der Waals surface area contributed by atoms with Gasteiger partial charge < -0.3 is 28.7 Å².